The van der Waals surface area contributed by atoms with Gasteiger partial charge in [0.15, 0.2) is 0 Å². The highest BCUT2D eigenvalue weighted by atomic mass is 16.5. The van der Waals surface area contributed by atoms with Crippen LogP contribution in [0.5, 0.6) is 5.75 Å². The third kappa shape index (κ3) is 4.42. The van der Waals surface area contributed by atoms with Gasteiger partial charge in [0.05, 0.1) is 18.4 Å². The number of ether oxygens (including phenoxy) is 1. The van der Waals surface area contributed by atoms with Gasteiger partial charge in [0, 0.05) is 12.2 Å². The third-order valence-electron chi connectivity index (χ3n) is 4.61. The van der Waals surface area contributed by atoms with Gasteiger partial charge >= 0.3 is 0 Å². The minimum atomic E-state index is -0.251. The number of hydrogen-bond acceptors (Lipinski definition) is 3. The molecule has 0 spiro atoms. The molecule has 2 atom stereocenters. The first kappa shape index (κ1) is 18.0. The van der Waals surface area contributed by atoms with Crippen molar-refractivity contribution in [3.8, 4) is 5.75 Å². The minimum absolute atomic E-state index is 0.0555. The Kier molecular flexibility index (Phi) is 5.56. The van der Waals surface area contributed by atoms with Crippen LogP contribution in [0.3, 0.4) is 0 Å². The lowest BCUT2D eigenvalue weighted by molar-refractivity contribution is -0.125. The number of carbonyl (C=O) groups excluding carboxylic acids is 2. The average Bonchev–Trinajstić information content (AvgIpc) is 3.44. The fourth-order valence-electron chi connectivity index (χ4n) is 2.93. The van der Waals surface area contributed by atoms with Gasteiger partial charge in [0.2, 0.25) is 11.8 Å². The number of nitrogens with one attached hydrogen (secondary N) is 2. The molecule has 2 N–H and O–H groups in total. The summed E-state index contributed by atoms with van der Waals surface area (Å²) in [5.41, 5.74) is 2.95. The Morgan fingerprint density at radius 3 is 2.42 bits per heavy atom. The van der Waals surface area contributed by atoms with Gasteiger partial charge in [0.25, 0.3) is 0 Å². The Morgan fingerprint density at radius 2 is 1.73 bits per heavy atom. The minimum Gasteiger partial charge on any atom is -0.494 e. The molecule has 1 saturated carbocycles. The molecule has 5 heteroatoms. The van der Waals surface area contributed by atoms with E-state index < -0.39 is 0 Å². The van der Waals surface area contributed by atoms with E-state index in [0.29, 0.717) is 25.3 Å². The predicted octanol–water partition coefficient (Wildman–Crippen LogP) is 3.28. The van der Waals surface area contributed by atoms with E-state index in [-0.39, 0.29) is 23.7 Å². The number of rotatable bonds is 7. The van der Waals surface area contributed by atoms with Crippen LogP contribution in [0.15, 0.2) is 48.5 Å². The highest BCUT2D eigenvalue weighted by molar-refractivity contribution is 5.99. The topological polar surface area (TPSA) is 67.4 Å². The lowest BCUT2D eigenvalue weighted by Crippen LogP contribution is -2.27. The Balaban J connectivity index is 1.47. The highest BCUT2D eigenvalue weighted by Gasteiger charge is 2.47. The molecular formula is C21H24N2O3. The number of carbonyl (C=O) groups is 2. The molecule has 136 valence electrons. The molecule has 0 radical (unpaired) electrons. The zero-order valence-electron chi connectivity index (χ0n) is 15.1. The van der Waals surface area contributed by atoms with Crippen molar-refractivity contribution >= 4 is 17.5 Å². The van der Waals surface area contributed by atoms with E-state index in [9.17, 15) is 9.59 Å². The van der Waals surface area contributed by atoms with Gasteiger partial charge in [-0.2, -0.15) is 0 Å². The summed E-state index contributed by atoms with van der Waals surface area (Å²) in [5.74, 6) is 0.121. The van der Waals surface area contributed by atoms with E-state index in [0.717, 1.165) is 16.9 Å². The third-order valence-corrected chi connectivity index (χ3v) is 4.61. The van der Waals surface area contributed by atoms with Gasteiger partial charge in [-0.25, -0.2) is 0 Å². The molecule has 1 fully saturated rings. The molecule has 5 nitrogen and oxygen atoms in total. The van der Waals surface area contributed by atoms with Gasteiger partial charge in [-0.3, -0.25) is 9.59 Å². The van der Waals surface area contributed by atoms with Crippen LogP contribution in [0.2, 0.25) is 0 Å². The fraction of sp³-hybridized carbons (Fsp3) is 0.333. The largest absolute Gasteiger partial charge is 0.494 e. The molecule has 26 heavy (non-hydrogen) atoms. The van der Waals surface area contributed by atoms with Crippen molar-refractivity contribution < 1.29 is 14.3 Å². The summed E-state index contributed by atoms with van der Waals surface area (Å²) in [6, 6.07) is 15.2. The maximum atomic E-state index is 12.3. The van der Waals surface area contributed by atoms with E-state index >= 15 is 0 Å². The molecule has 3 rings (SSSR count). The Bertz CT molecular complexity index is 786. The summed E-state index contributed by atoms with van der Waals surface area (Å²) in [5, 5.41) is 5.80. The second-order valence-corrected chi connectivity index (χ2v) is 6.54. The number of hydrogen-bond donors (Lipinski definition) is 2. The van der Waals surface area contributed by atoms with Crippen LogP contribution in [-0.2, 0) is 16.1 Å². The van der Waals surface area contributed by atoms with Crippen molar-refractivity contribution in [2.75, 3.05) is 11.9 Å². The number of aryl methyl sites for hydroxylation is 1. The molecule has 1 aliphatic rings. The number of amides is 2. The standard InChI is InChI=1S/C21H24N2O3/c1-3-26-17-10-8-16(9-11-17)23-21(25)19-12-18(19)20(24)22-13-15-7-5-4-6-14(15)2/h4-11,18-19H,3,12-13H2,1-2H3,(H,22,24)(H,23,25). The number of anilines is 1. The van der Waals surface area contributed by atoms with Crippen LogP contribution in [0.25, 0.3) is 0 Å². The monoisotopic (exact) mass is 352 g/mol. The molecule has 0 heterocycles. The molecule has 2 unspecified atom stereocenters. The van der Waals surface area contributed by atoms with Crippen molar-refractivity contribution in [3.63, 3.8) is 0 Å². The van der Waals surface area contributed by atoms with Crippen molar-refractivity contribution in [3.05, 3.63) is 59.7 Å². The lowest BCUT2D eigenvalue weighted by Gasteiger charge is -2.08. The first-order chi connectivity index (χ1) is 12.6. The normalized spacial score (nSPS) is 18.1. The van der Waals surface area contributed by atoms with Crippen LogP contribution in [-0.4, -0.2) is 18.4 Å². The van der Waals surface area contributed by atoms with Gasteiger partial charge in [-0.1, -0.05) is 24.3 Å². The van der Waals surface area contributed by atoms with E-state index in [1.807, 2.05) is 50.2 Å². The van der Waals surface area contributed by atoms with E-state index in [2.05, 4.69) is 10.6 Å². The zero-order valence-corrected chi connectivity index (χ0v) is 15.1. The van der Waals surface area contributed by atoms with Gasteiger partial charge in [0.1, 0.15) is 5.75 Å². The Morgan fingerprint density at radius 1 is 1.04 bits per heavy atom. The van der Waals surface area contributed by atoms with Gasteiger partial charge in [-0.15, -0.1) is 0 Å². The smallest absolute Gasteiger partial charge is 0.228 e. The SMILES string of the molecule is CCOc1ccc(NC(=O)C2CC2C(=O)NCc2ccccc2C)cc1. The molecule has 0 aliphatic heterocycles. The van der Waals surface area contributed by atoms with E-state index in [4.69, 9.17) is 4.74 Å². The Hall–Kier alpha value is -2.82. The summed E-state index contributed by atoms with van der Waals surface area (Å²) in [7, 11) is 0. The summed E-state index contributed by atoms with van der Waals surface area (Å²) < 4.78 is 5.38. The first-order valence-corrected chi connectivity index (χ1v) is 8.94. The quantitative estimate of drug-likeness (QED) is 0.803. The van der Waals surface area contributed by atoms with E-state index in [1.54, 1.807) is 12.1 Å². The molecule has 0 bridgehead atoms. The summed E-state index contributed by atoms with van der Waals surface area (Å²) in [4.78, 5) is 24.6. The van der Waals surface area contributed by atoms with Gasteiger partial charge < -0.3 is 15.4 Å². The van der Waals surface area contributed by atoms with Crippen LogP contribution in [0.1, 0.15) is 24.5 Å². The molecular weight excluding hydrogens is 328 g/mol. The number of benzene rings is 2. The average molecular weight is 352 g/mol. The fourth-order valence-corrected chi connectivity index (χ4v) is 2.93. The van der Waals surface area contributed by atoms with Crippen LogP contribution < -0.4 is 15.4 Å². The molecule has 1 aliphatic carbocycles. The molecule has 2 aromatic rings. The van der Waals surface area contributed by atoms with Gasteiger partial charge in [-0.05, 0) is 55.7 Å². The second-order valence-electron chi connectivity index (χ2n) is 6.54. The van der Waals surface area contributed by atoms with Crippen molar-refractivity contribution in [1.29, 1.82) is 0 Å². The first-order valence-electron chi connectivity index (χ1n) is 8.94. The predicted molar refractivity (Wildman–Crippen MR) is 101 cm³/mol. The van der Waals surface area contributed by atoms with Crippen LogP contribution in [0.4, 0.5) is 5.69 Å². The molecule has 2 amide bonds. The van der Waals surface area contributed by atoms with Crippen molar-refractivity contribution in [2.45, 2.75) is 26.8 Å². The second kappa shape index (κ2) is 8.04. The zero-order chi connectivity index (χ0) is 18.5. The molecule has 2 aromatic carbocycles. The van der Waals surface area contributed by atoms with Crippen LogP contribution in [0, 0.1) is 18.8 Å². The van der Waals surface area contributed by atoms with Crippen LogP contribution >= 0.6 is 0 Å². The highest BCUT2D eigenvalue weighted by Crippen LogP contribution is 2.39. The summed E-state index contributed by atoms with van der Waals surface area (Å²) in [6.07, 6.45) is 0.600. The maximum absolute atomic E-state index is 12.3. The van der Waals surface area contributed by atoms with E-state index in [1.165, 1.54) is 0 Å². The maximum Gasteiger partial charge on any atom is 0.228 e. The molecule has 0 saturated heterocycles. The summed E-state index contributed by atoms with van der Waals surface area (Å²) in [6.45, 7) is 5.04. The summed E-state index contributed by atoms with van der Waals surface area (Å²) >= 11 is 0. The van der Waals surface area contributed by atoms with Crippen molar-refractivity contribution in [2.24, 2.45) is 11.8 Å². The van der Waals surface area contributed by atoms with Crippen molar-refractivity contribution in [1.82, 2.24) is 5.32 Å². The molecule has 0 aromatic heterocycles. The Labute approximate surface area is 153 Å². The lowest BCUT2D eigenvalue weighted by atomic mass is 10.1.